The summed E-state index contributed by atoms with van der Waals surface area (Å²) in [7, 11) is 0. The predicted octanol–water partition coefficient (Wildman–Crippen LogP) is 5.13. The molecule has 0 bridgehead atoms. The van der Waals surface area contributed by atoms with E-state index in [0.717, 1.165) is 11.3 Å². The number of rotatable bonds is 5. The topological polar surface area (TPSA) is 51.0 Å². The molecule has 23 heavy (non-hydrogen) atoms. The number of halogens is 1. The summed E-state index contributed by atoms with van der Waals surface area (Å²) in [6.45, 7) is 4.84. The minimum Gasteiger partial charge on any atom is -0.419 e. The monoisotopic (exact) mass is 327 g/mol. The molecule has 5 heteroatoms. The Balaban J connectivity index is 1.65. The minimum atomic E-state index is 0.472. The molecule has 0 saturated carbocycles. The predicted molar refractivity (Wildman–Crippen MR) is 92.6 cm³/mol. The fourth-order valence-electron chi connectivity index (χ4n) is 2.23. The third kappa shape index (κ3) is 3.90. The zero-order chi connectivity index (χ0) is 16.2. The smallest absolute Gasteiger partial charge is 0.247 e. The molecule has 3 aromatic rings. The van der Waals surface area contributed by atoms with E-state index >= 15 is 0 Å². The van der Waals surface area contributed by atoms with Gasteiger partial charge in [0.05, 0.1) is 6.54 Å². The van der Waals surface area contributed by atoms with Crippen LogP contribution in [-0.4, -0.2) is 10.2 Å². The van der Waals surface area contributed by atoms with Crippen molar-refractivity contribution >= 4 is 17.3 Å². The van der Waals surface area contributed by atoms with Crippen molar-refractivity contribution in [1.82, 2.24) is 10.2 Å². The molecule has 0 aliphatic rings. The SMILES string of the molecule is CC(C)c1ccc(NCc2nnc(-c3cccc(Cl)c3)o2)cc1. The van der Waals surface area contributed by atoms with Gasteiger partial charge in [-0.05, 0) is 41.8 Å². The van der Waals surface area contributed by atoms with Gasteiger partial charge >= 0.3 is 0 Å². The molecule has 0 amide bonds. The highest BCUT2D eigenvalue weighted by Crippen LogP contribution is 2.22. The number of hydrogen-bond donors (Lipinski definition) is 1. The van der Waals surface area contributed by atoms with Crippen LogP contribution >= 0.6 is 11.6 Å². The lowest BCUT2D eigenvalue weighted by atomic mass is 10.0. The van der Waals surface area contributed by atoms with Gasteiger partial charge in [-0.2, -0.15) is 0 Å². The number of nitrogens with one attached hydrogen (secondary N) is 1. The molecule has 1 heterocycles. The Kier molecular flexibility index (Phi) is 4.63. The Labute approximate surface area is 140 Å². The molecule has 1 aromatic heterocycles. The van der Waals surface area contributed by atoms with Crippen LogP contribution < -0.4 is 5.32 Å². The molecule has 3 rings (SSSR count). The highest BCUT2D eigenvalue weighted by atomic mass is 35.5. The van der Waals surface area contributed by atoms with E-state index in [1.165, 1.54) is 5.56 Å². The molecule has 0 radical (unpaired) electrons. The van der Waals surface area contributed by atoms with Crippen LogP contribution in [0.4, 0.5) is 5.69 Å². The van der Waals surface area contributed by atoms with Gasteiger partial charge < -0.3 is 9.73 Å². The largest absolute Gasteiger partial charge is 0.419 e. The molecule has 0 fully saturated rings. The molecular formula is C18H18ClN3O. The molecule has 0 aliphatic carbocycles. The average Bonchev–Trinajstić information content (AvgIpc) is 3.02. The van der Waals surface area contributed by atoms with Crippen molar-refractivity contribution in [3.05, 3.63) is 65.0 Å². The van der Waals surface area contributed by atoms with E-state index in [9.17, 15) is 0 Å². The molecular weight excluding hydrogens is 310 g/mol. The first-order valence-corrected chi connectivity index (χ1v) is 7.92. The third-order valence-electron chi connectivity index (χ3n) is 3.56. The van der Waals surface area contributed by atoms with Crippen LogP contribution in [0.5, 0.6) is 0 Å². The van der Waals surface area contributed by atoms with Gasteiger partial charge in [0, 0.05) is 16.3 Å². The van der Waals surface area contributed by atoms with Gasteiger partial charge in [0.2, 0.25) is 11.8 Å². The van der Waals surface area contributed by atoms with Crippen LogP contribution in [0.2, 0.25) is 5.02 Å². The summed E-state index contributed by atoms with van der Waals surface area (Å²) >= 11 is 5.98. The van der Waals surface area contributed by atoms with Crippen molar-refractivity contribution in [2.24, 2.45) is 0 Å². The van der Waals surface area contributed by atoms with E-state index in [2.05, 4.69) is 53.6 Å². The zero-order valence-electron chi connectivity index (χ0n) is 13.1. The van der Waals surface area contributed by atoms with Gasteiger partial charge in [0.15, 0.2) is 0 Å². The molecule has 2 aromatic carbocycles. The van der Waals surface area contributed by atoms with Crippen molar-refractivity contribution in [1.29, 1.82) is 0 Å². The maximum atomic E-state index is 5.98. The van der Waals surface area contributed by atoms with Crippen molar-refractivity contribution in [3.63, 3.8) is 0 Å². The van der Waals surface area contributed by atoms with Crippen LogP contribution in [0.1, 0.15) is 31.2 Å². The molecule has 1 N–H and O–H groups in total. The molecule has 0 unspecified atom stereocenters. The lowest BCUT2D eigenvalue weighted by molar-refractivity contribution is 0.515. The maximum Gasteiger partial charge on any atom is 0.247 e. The Morgan fingerprint density at radius 3 is 2.57 bits per heavy atom. The highest BCUT2D eigenvalue weighted by molar-refractivity contribution is 6.30. The Morgan fingerprint density at radius 2 is 1.87 bits per heavy atom. The van der Waals surface area contributed by atoms with Crippen LogP contribution in [0.15, 0.2) is 52.9 Å². The Hall–Kier alpha value is -2.33. The lowest BCUT2D eigenvalue weighted by Gasteiger charge is -2.07. The summed E-state index contributed by atoms with van der Waals surface area (Å²) in [5.74, 6) is 1.53. The van der Waals surface area contributed by atoms with Gasteiger partial charge in [0.25, 0.3) is 0 Å². The minimum absolute atomic E-state index is 0.472. The number of anilines is 1. The van der Waals surface area contributed by atoms with Crippen molar-refractivity contribution in [2.45, 2.75) is 26.3 Å². The van der Waals surface area contributed by atoms with Crippen molar-refractivity contribution < 1.29 is 4.42 Å². The lowest BCUT2D eigenvalue weighted by Crippen LogP contribution is -2.00. The summed E-state index contributed by atoms with van der Waals surface area (Å²) in [5.41, 5.74) is 3.16. The zero-order valence-corrected chi connectivity index (χ0v) is 13.8. The standard InChI is InChI=1S/C18H18ClN3O/c1-12(2)13-6-8-16(9-7-13)20-11-17-21-22-18(23-17)14-4-3-5-15(19)10-14/h3-10,12,20H,11H2,1-2H3. The normalized spacial score (nSPS) is 11.0. The van der Waals surface area contributed by atoms with Crippen LogP contribution in [-0.2, 0) is 6.54 Å². The van der Waals surface area contributed by atoms with Crippen LogP contribution in [0, 0.1) is 0 Å². The first kappa shape index (κ1) is 15.6. The summed E-state index contributed by atoms with van der Waals surface area (Å²) in [5, 5.41) is 12.0. The van der Waals surface area contributed by atoms with Crippen molar-refractivity contribution in [3.8, 4) is 11.5 Å². The Morgan fingerprint density at radius 1 is 1.09 bits per heavy atom. The average molecular weight is 328 g/mol. The van der Waals surface area contributed by atoms with E-state index in [-0.39, 0.29) is 0 Å². The molecule has 0 saturated heterocycles. The van der Waals surface area contributed by atoms with Gasteiger partial charge in [-0.3, -0.25) is 0 Å². The number of benzene rings is 2. The molecule has 0 aliphatic heterocycles. The number of hydrogen-bond acceptors (Lipinski definition) is 4. The first-order valence-electron chi connectivity index (χ1n) is 7.54. The van der Waals surface area contributed by atoms with Crippen LogP contribution in [0.3, 0.4) is 0 Å². The third-order valence-corrected chi connectivity index (χ3v) is 3.79. The summed E-state index contributed by atoms with van der Waals surface area (Å²) in [6.07, 6.45) is 0. The fourth-order valence-corrected chi connectivity index (χ4v) is 2.42. The van der Waals surface area contributed by atoms with E-state index in [0.29, 0.717) is 29.3 Å². The first-order chi connectivity index (χ1) is 11.1. The second-order valence-corrected chi connectivity index (χ2v) is 6.08. The van der Waals surface area contributed by atoms with Crippen molar-refractivity contribution in [2.75, 3.05) is 5.32 Å². The molecule has 0 atom stereocenters. The number of aromatic nitrogens is 2. The van der Waals surface area contributed by atoms with E-state index in [1.807, 2.05) is 18.2 Å². The molecule has 0 spiro atoms. The van der Waals surface area contributed by atoms with E-state index in [4.69, 9.17) is 16.0 Å². The Bertz CT molecular complexity index is 781. The molecule has 4 nitrogen and oxygen atoms in total. The summed E-state index contributed by atoms with van der Waals surface area (Å²) < 4.78 is 5.67. The van der Waals surface area contributed by atoms with Crippen LogP contribution in [0.25, 0.3) is 11.5 Å². The molecule has 118 valence electrons. The quantitative estimate of drug-likeness (QED) is 0.706. The van der Waals surface area contributed by atoms with E-state index < -0.39 is 0 Å². The van der Waals surface area contributed by atoms with Gasteiger partial charge in [-0.25, -0.2) is 0 Å². The summed E-state index contributed by atoms with van der Waals surface area (Å²) in [6, 6.07) is 15.7. The van der Waals surface area contributed by atoms with E-state index in [1.54, 1.807) is 6.07 Å². The second-order valence-electron chi connectivity index (χ2n) is 5.64. The second kappa shape index (κ2) is 6.84. The maximum absolute atomic E-state index is 5.98. The van der Waals surface area contributed by atoms with Gasteiger partial charge in [-0.15, -0.1) is 10.2 Å². The fraction of sp³-hybridized carbons (Fsp3) is 0.222. The van der Waals surface area contributed by atoms with Gasteiger partial charge in [0.1, 0.15) is 0 Å². The summed E-state index contributed by atoms with van der Waals surface area (Å²) in [4.78, 5) is 0. The highest BCUT2D eigenvalue weighted by Gasteiger charge is 2.09. The number of nitrogens with zero attached hydrogens (tertiary/aromatic N) is 2. The van der Waals surface area contributed by atoms with Gasteiger partial charge in [-0.1, -0.05) is 43.6 Å².